The van der Waals surface area contributed by atoms with E-state index in [1.807, 2.05) is 23.6 Å². The van der Waals surface area contributed by atoms with Crippen molar-refractivity contribution in [3.05, 3.63) is 63.8 Å². The molecule has 0 aliphatic carbocycles. The summed E-state index contributed by atoms with van der Waals surface area (Å²) in [5, 5.41) is 8.70. The number of nitrogens with one attached hydrogen (secondary N) is 2. The van der Waals surface area contributed by atoms with Crippen LogP contribution in [0.15, 0.2) is 48.4 Å². The summed E-state index contributed by atoms with van der Waals surface area (Å²) < 4.78 is 0. The normalized spacial score (nSPS) is 10.1. The molecule has 104 valence electrons. The second kappa shape index (κ2) is 7.12. The lowest BCUT2D eigenvalue weighted by atomic mass is 10.2. The van der Waals surface area contributed by atoms with Gasteiger partial charge >= 0.3 is 0 Å². The smallest absolute Gasteiger partial charge is 0.251 e. The highest BCUT2D eigenvalue weighted by atomic mass is 35.5. The van der Waals surface area contributed by atoms with Crippen LogP contribution in [0.1, 0.15) is 15.2 Å². The van der Waals surface area contributed by atoms with Crippen molar-refractivity contribution in [2.24, 2.45) is 0 Å². The van der Waals surface area contributed by atoms with Crippen molar-refractivity contribution in [3.8, 4) is 0 Å². The van der Waals surface area contributed by atoms with Gasteiger partial charge in [-0.3, -0.25) is 4.79 Å². The molecule has 1 aromatic carbocycles. The Morgan fingerprint density at radius 2 is 2.10 bits per heavy atom. The van der Waals surface area contributed by atoms with Gasteiger partial charge in [-0.15, -0.1) is 17.9 Å². The quantitative estimate of drug-likeness (QED) is 0.794. The average Bonchev–Trinajstić information content (AvgIpc) is 2.89. The highest BCUT2D eigenvalue weighted by molar-refractivity contribution is 7.10. The van der Waals surface area contributed by atoms with Gasteiger partial charge in [0.1, 0.15) is 0 Å². The first-order chi connectivity index (χ1) is 9.69. The number of halogens is 1. The number of carbonyl (C=O) groups excluding carboxylic acids is 1. The summed E-state index contributed by atoms with van der Waals surface area (Å²) in [7, 11) is 0. The second-order valence-corrected chi connectivity index (χ2v) is 5.59. The highest BCUT2D eigenvalue weighted by Gasteiger charge is 2.04. The van der Waals surface area contributed by atoms with Crippen LogP contribution < -0.4 is 10.6 Å². The first kappa shape index (κ1) is 14.6. The van der Waals surface area contributed by atoms with E-state index in [2.05, 4.69) is 17.2 Å². The maximum absolute atomic E-state index is 11.7. The second-order valence-electron chi connectivity index (χ2n) is 4.16. The molecular weight excluding hydrogens is 292 g/mol. The van der Waals surface area contributed by atoms with Gasteiger partial charge in [-0.05, 0) is 30.3 Å². The molecule has 2 N–H and O–H groups in total. The minimum absolute atomic E-state index is 0.0958. The lowest BCUT2D eigenvalue weighted by molar-refractivity contribution is 0.0958. The Balaban J connectivity index is 1.91. The Labute approximate surface area is 127 Å². The molecule has 0 fully saturated rings. The molecule has 2 aromatic rings. The summed E-state index contributed by atoms with van der Waals surface area (Å²) in [5.41, 5.74) is 1.60. The summed E-state index contributed by atoms with van der Waals surface area (Å²) in [6.45, 7) is 4.75. The van der Waals surface area contributed by atoms with Crippen molar-refractivity contribution in [2.45, 2.75) is 6.54 Å². The van der Waals surface area contributed by atoms with E-state index in [1.165, 1.54) is 4.88 Å². The largest absolute Gasteiger partial charge is 0.380 e. The molecule has 0 radical (unpaired) electrons. The molecule has 1 amide bonds. The molecule has 2 rings (SSSR count). The van der Waals surface area contributed by atoms with Gasteiger partial charge in [0.2, 0.25) is 0 Å². The maximum atomic E-state index is 11.7. The van der Waals surface area contributed by atoms with Gasteiger partial charge in [-0.25, -0.2) is 0 Å². The van der Waals surface area contributed by atoms with Crippen LogP contribution in [0, 0.1) is 0 Å². The summed E-state index contributed by atoms with van der Waals surface area (Å²) in [6, 6.07) is 9.30. The van der Waals surface area contributed by atoms with E-state index in [1.54, 1.807) is 29.5 Å². The standard InChI is InChI=1S/C15H15ClN2OS/c1-2-7-17-15(19)11-3-5-13(6-4-11)18-9-14-8-12(16)10-20-14/h2-6,8,10,18H,1,7,9H2,(H,17,19). The molecule has 0 spiro atoms. The van der Waals surface area contributed by atoms with Crippen LogP contribution in [0.2, 0.25) is 5.02 Å². The van der Waals surface area contributed by atoms with Crippen molar-refractivity contribution in [3.63, 3.8) is 0 Å². The van der Waals surface area contributed by atoms with E-state index in [9.17, 15) is 4.79 Å². The number of carbonyl (C=O) groups is 1. The van der Waals surface area contributed by atoms with Gasteiger partial charge in [0.05, 0.1) is 5.02 Å². The molecule has 3 nitrogen and oxygen atoms in total. The van der Waals surface area contributed by atoms with Gasteiger partial charge in [0.15, 0.2) is 0 Å². The molecular formula is C15H15ClN2OS. The van der Waals surface area contributed by atoms with Crippen LogP contribution in [0.5, 0.6) is 0 Å². The fourth-order valence-electron chi connectivity index (χ4n) is 1.64. The first-order valence-corrected chi connectivity index (χ1v) is 7.41. The van der Waals surface area contributed by atoms with E-state index in [0.29, 0.717) is 12.1 Å². The van der Waals surface area contributed by atoms with Crippen molar-refractivity contribution in [1.82, 2.24) is 5.32 Å². The van der Waals surface area contributed by atoms with Crippen molar-refractivity contribution < 1.29 is 4.79 Å². The van der Waals surface area contributed by atoms with Crippen LogP contribution in [0.3, 0.4) is 0 Å². The molecule has 0 aliphatic heterocycles. The number of anilines is 1. The Kier molecular flexibility index (Phi) is 5.21. The van der Waals surface area contributed by atoms with E-state index in [4.69, 9.17) is 11.6 Å². The number of amides is 1. The fourth-order valence-corrected chi connectivity index (χ4v) is 2.65. The molecule has 1 heterocycles. The summed E-state index contributed by atoms with van der Waals surface area (Å²) in [4.78, 5) is 12.9. The Hall–Kier alpha value is -1.78. The van der Waals surface area contributed by atoms with Crippen LogP contribution >= 0.6 is 22.9 Å². The van der Waals surface area contributed by atoms with Gasteiger partial charge in [0, 0.05) is 34.6 Å². The molecule has 0 unspecified atom stereocenters. The molecule has 0 saturated heterocycles. The number of hydrogen-bond donors (Lipinski definition) is 2. The van der Waals surface area contributed by atoms with Crippen molar-refractivity contribution >= 4 is 34.5 Å². The highest BCUT2D eigenvalue weighted by Crippen LogP contribution is 2.20. The van der Waals surface area contributed by atoms with Crippen LogP contribution in [-0.4, -0.2) is 12.5 Å². The predicted octanol–water partition coefficient (Wildman–Crippen LogP) is 3.93. The van der Waals surface area contributed by atoms with Gasteiger partial charge in [-0.1, -0.05) is 17.7 Å². The van der Waals surface area contributed by atoms with E-state index >= 15 is 0 Å². The maximum Gasteiger partial charge on any atom is 0.251 e. The molecule has 0 saturated carbocycles. The number of hydrogen-bond acceptors (Lipinski definition) is 3. The molecule has 0 bridgehead atoms. The monoisotopic (exact) mass is 306 g/mol. The minimum Gasteiger partial charge on any atom is -0.380 e. The zero-order valence-electron chi connectivity index (χ0n) is 10.9. The Bertz CT molecular complexity index is 592. The average molecular weight is 307 g/mol. The fraction of sp³-hybridized carbons (Fsp3) is 0.133. The number of benzene rings is 1. The molecule has 5 heteroatoms. The van der Waals surface area contributed by atoms with E-state index in [-0.39, 0.29) is 5.91 Å². The number of thiophene rings is 1. The number of rotatable bonds is 6. The topological polar surface area (TPSA) is 41.1 Å². The first-order valence-electron chi connectivity index (χ1n) is 6.15. The van der Waals surface area contributed by atoms with Crippen molar-refractivity contribution in [2.75, 3.05) is 11.9 Å². The summed E-state index contributed by atoms with van der Waals surface area (Å²) in [5.74, 6) is -0.0958. The lowest BCUT2D eigenvalue weighted by Crippen LogP contribution is -2.23. The third kappa shape index (κ3) is 4.11. The van der Waals surface area contributed by atoms with Crippen LogP contribution in [-0.2, 0) is 6.54 Å². The SMILES string of the molecule is C=CCNC(=O)c1ccc(NCc2cc(Cl)cs2)cc1. The van der Waals surface area contributed by atoms with Gasteiger partial charge in [-0.2, -0.15) is 0 Å². The van der Waals surface area contributed by atoms with E-state index < -0.39 is 0 Å². The zero-order valence-corrected chi connectivity index (χ0v) is 12.4. The van der Waals surface area contributed by atoms with Gasteiger partial charge < -0.3 is 10.6 Å². The minimum atomic E-state index is -0.0958. The third-order valence-electron chi connectivity index (χ3n) is 2.64. The molecule has 0 aliphatic rings. The Morgan fingerprint density at radius 3 is 2.70 bits per heavy atom. The van der Waals surface area contributed by atoms with Gasteiger partial charge in [0.25, 0.3) is 5.91 Å². The third-order valence-corrected chi connectivity index (χ3v) is 3.93. The summed E-state index contributed by atoms with van der Waals surface area (Å²) >= 11 is 7.49. The van der Waals surface area contributed by atoms with Crippen LogP contribution in [0.4, 0.5) is 5.69 Å². The molecule has 0 atom stereocenters. The molecule has 1 aromatic heterocycles. The zero-order chi connectivity index (χ0) is 14.4. The predicted molar refractivity (Wildman–Crippen MR) is 85.6 cm³/mol. The molecule has 20 heavy (non-hydrogen) atoms. The lowest BCUT2D eigenvalue weighted by Gasteiger charge is -2.06. The van der Waals surface area contributed by atoms with E-state index in [0.717, 1.165) is 17.3 Å². The van der Waals surface area contributed by atoms with Crippen LogP contribution in [0.25, 0.3) is 0 Å². The Morgan fingerprint density at radius 1 is 1.35 bits per heavy atom. The summed E-state index contributed by atoms with van der Waals surface area (Å²) in [6.07, 6.45) is 1.65. The van der Waals surface area contributed by atoms with Crippen molar-refractivity contribution in [1.29, 1.82) is 0 Å².